The zero-order valence-corrected chi connectivity index (χ0v) is 17.9. The molecular formula is C24H37NO3. The molecule has 28 heavy (non-hydrogen) atoms. The highest BCUT2D eigenvalue weighted by Crippen LogP contribution is 2.50. The lowest BCUT2D eigenvalue weighted by molar-refractivity contribution is -0.128. The first kappa shape index (κ1) is 22.7. The van der Waals surface area contributed by atoms with E-state index in [0.717, 1.165) is 32.1 Å². The number of carbonyl (C=O) groups is 1. The topological polar surface area (TPSA) is 60.8 Å². The first-order valence-corrected chi connectivity index (χ1v) is 10.7. The molecule has 4 nitrogen and oxygen atoms in total. The van der Waals surface area contributed by atoms with E-state index < -0.39 is 6.10 Å². The molecule has 2 saturated carbocycles. The van der Waals surface area contributed by atoms with Crippen LogP contribution in [0.15, 0.2) is 23.8 Å². The molecule has 2 fully saturated rings. The molecule has 0 saturated heterocycles. The van der Waals surface area contributed by atoms with Crippen molar-refractivity contribution in [2.75, 3.05) is 14.1 Å². The van der Waals surface area contributed by atoms with Crippen LogP contribution in [0, 0.1) is 35.5 Å². The van der Waals surface area contributed by atoms with Crippen LogP contribution in [0.25, 0.3) is 0 Å². The van der Waals surface area contributed by atoms with E-state index >= 15 is 0 Å². The number of nitrogens with zero attached hydrogens (tertiary/aromatic N) is 1. The molecule has 0 bridgehead atoms. The first-order valence-electron chi connectivity index (χ1n) is 10.7. The van der Waals surface area contributed by atoms with E-state index in [1.165, 1.54) is 5.57 Å². The van der Waals surface area contributed by atoms with Crippen LogP contribution in [-0.4, -0.2) is 47.3 Å². The maximum Gasteiger partial charge on any atom is 0.222 e. The average molecular weight is 388 g/mol. The molecule has 0 aromatic carbocycles. The molecule has 4 heteroatoms. The molecule has 156 valence electrons. The van der Waals surface area contributed by atoms with Gasteiger partial charge in [-0.25, -0.2) is 0 Å². The van der Waals surface area contributed by atoms with E-state index in [1.807, 2.05) is 19.9 Å². The minimum absolute atomic E-state index is 0.0990. The molecule has 1 amide bonds. The van der Waals surface area contributed by atoms with Crippen molar-refractivity contribution in [2.24, 2.45) is 23.7 Å². The second-order valence-corrected chi connectivity index (χ2v) is 8.74. The third-order valence-electron chi connectivity index (χ3n) is 6.35. The number of hydrogen-bond donors (Lipinski definition) is 2. The Morgan fingerprint density at radius 1 is 1.36 bits per heavy atom. The molecule has 0 aromatic heterocycles. The lowest BCUT2D eigenvalue weighted by Gasteiger charge is -2.19. The Labute approximate surface area is 170 Å². The maximum atomic E-state index is 11.7. The standard InChI is InChI=1S/C24H37NO3/c1-5-6-9-17(2)22(26)13-12-20-21-15-18(14-19(21)16-23(20)27)10-7-8-11-24(28)25(3)4/h10,12-13,17,19-23,26-27H,7-9,11,14-16H2,1-4H3/b13-12+,18-10+/t17?,19?,20-,21+,22-,23-/m1/s1. The van der Waals surface area contributed by atoms with Gasteiger partial charge in [0.15, 0.2) is 0 Å². The van der Waals surface area contributed by atoms with Gasteiger partial charge in [-0.1, -0.05) is 30.7 Å². The summed E-state index contributed by atoms with van der Waals surface area (Å²) in [6.45, 7) is 3.82. The number of aliphatic hydroxyl groups is 2. The summed E-state index contributed by atoms with van der Waals surface area (Å²) in [6.07, 6.45) is 11.5. The fourth-order valence-corrected chi connectivity index (χ4v) is 4.54. The molecule has 0 radical (unpaired) electrons. The molecule has 6 atom stereocenters. The smallest absolute Gasteiger partial charge is 0.222 e. The Kier molecular flexibility index (Phi) is 8.79. The highest BCUT2D eigenvalue weighted by molar-refractivity contribution is 5.75. The van der Waals surface area contributed by atoms with E-state index in [1.54, 1.807) is 19.0 Å². The number of fused-ring (bicyclic) bond motifs is 1. The molecule has 2 N–H and O–H groups in total. The van der Waals surface area contributed by atoms with Crippen molar-refractivity contribution in [2.45, 2.75) is 71.0 Å². The quantitative estimate of drug-likeness (QED) is 0.380. The number of amides is 1. The molecule has 2 unspecified atom stereocenters. The van der Waals surface area contributed by atoms with Gasteiger partial charge in [0, 0.05) is 32.9 Å². The van der Waals surface area contributed by atoms with Crippen molar-refractivity contribution < 1.29 is 15.0 Å². The van der Waals surface area contributed by atoms with Gasteiger partial charge in [-0.3, -0.25) is 4.79 Å². The Balaban J connectivity index is 1.86. The zero-order chi connectivity index (χ0) is 20.7. The largest absolute Gasteiger partial charge is 0.392 e. The molecule has 2 aliphatic rings. The van der Waals surface area contributed by atoms with E-state index in [0.29, 0.717) is 24.7 Å². The minimum Gasteiger partial charge on any atom is -0.392 e. The SMILES string of the molecule is CC#CCC(C)[C@H](O)/C=C/[C@H]1[C@H](O)CC2C/C(=C\CCCC(=O)N(C)C)C[C@@H]21. The predicted octanol–water partition coefficient (Wildman–Crippen LogP) is 3.54. The van der Waals surface area contributed by atoms with Crippen molar-refractivity contribution >= 4 is 5.91 Å². The molecule has 0 aliphatic heterocycles. The molecule has 0 heterocycles. The summed E-state index contributed by atoms with van der Waals surface area (Å²) in [5.41, 5.74) is 1.48. The lowest BCUT2D eigenvalue weighted by atomic mass is 9.89. The summed E-state index contributed by atoms with van der Waals surface area (Å²) in [4.78, 5) is 13.3. The number of aliphatic hydroxyl groups excluding tert-OH is 2. The van der Waals surface area contributed by atoms with Crippen molar-refractivity contribution in [3.8, 4) is 11.8 Å². The van der Waals surface area contributed by atoms with Gasteiger partial charge in [0.05, 0.1) is 12.2 Å². The van der Waals surface area contributed by atoms with Gasteiger partial charge in [-0.05, 0) is 56.8 Å². The maximum absolute atomic E-state index is 11.7. The van der Waals surface area contributed by atoms with Crippen LogP contribution in [0.4, 0.5) is 0 Å². The number of hydrogen-bond acceptors (Lipinski definition) is 3. The average Bonchev–Trinajstić information content (AvgIpc) is 3.17. The second kappa shape index (κ2) is 10.8. The van der Waals surface area contributed by atoms with Crippen molar-refractivity contribution in [3.63, 3.8) is 0 Å². The summed E-state index contributed by atoms with van der Waals surface area (Å²) >= 11 is 0. The van der Waals surface area contributed by atoms with Gasteiger partial charge in [-0.15, -0.1) is 11.8 Å². The van der Waals surface area contributed by atoms with Gasteiger partial charge < -0.3 is 15.1 Å². The molecule has 0 aromatic rings. The molecule has 2 aliphatic carbocycles. The van der Waals surface area contributed by atoms with Gasteiger partial charge in [0.2, 0.25) is 5.91 Å². The van der Waals surface area contributed by atoms with Crippen molar-refractivity contribution in [1.29, 1.82) is 0 Å². The van der Waals surface area contributed by atoms with E-state index in [4.69, 9.17) is 0 Å². The van der Waals surface area contributed by atoms with E-state index in [2.05, 4.69) is 24.0 Å². The Morgan fingerprint density at radius 3 is 2.79 bits per heavy atom. The number of unbranched alkanes of at least 4 members (excludes halogenated alkanes) is 1. The highest BCUT2D eigenvalue weighted by atomic mass is 16.3. The summed E-state index contributed by atoms with van der Waals surface area (Å²) in [6, 6.07) is 0. The van der Waals surface area contributed by atoms with Crippen molar-refractivity contribution in [3.05, 3.63) is 23.8 Å². The third-order valence-corrected chi connectivity index (χ3v) is 6.35. The second-order valence-electron chi connectivity index (χ2n) is 8.74. The van der Waals surface area contributed by atoms with E-state index in [-0.39, 0.29) is 23.8 Å². The van der Waals surface area contributed by atoms with Gasteiger partial charge in [0.25, 0.3) is 0 Å². The van der Waals surface area contributed by atoms with Crippen LogP contribution in [0.3, 0.4) is 0 Å². The molecular weight excluding hydrogens is 350 g/mol. The monoisotopic (exact) mass is 387 g/mol. The van der Waals surface area contributed by atoms with Gasteiger partial charge in [-0.2, -0.15) is 0 Å². The summed E-state index contributed by atoms with van der Waals surface area (Å²) in [5, 5.41) is 20.8. The molecule has 0 spiro atoms. The Bertz CT molecular complexity index is 640. The van der Waals surface area contributed by atoms with Gasteiger partial charge in [0.1, 0.15) is 0 Å². The number of carbonyl (C=O) groups excluding carboxylic acids is 1. The first-order chi connectivity index (χ1) is 13.3. The van der Waals surface area contributed by atoms with Crippen LogP contribution in [0.1, 0.15) is 58.8 Å². The summed E-state index contributed by atoms with van der Waals surface area (Å²) < 4.78 is 0. The summed E-state index contributed by atoms with van der Waals surface area (Å²) in [7, 11) is 3.60. The van der Waals surface area contributed by atoms with Crippen LogP contribution >= 0.6 is 0 Å². The zero-order valence-electron chi connectivity index (χ0n) is 17.9. The van der Waals surface area contributed by atoms with Crippen LogP contribution < -0.4 is 0 Å². The van der Waals surface area contributed by atoms with Crippen LogP contribution in [0.2, 0.25) is 0 Å². The van der Waals surface area contributed by atoms with E-state index in [9.17, 15) is 15.0 Å². The van der Waals surface area contributed by atoms with Crippen LogP contribution in [0.5, 0.6) is 0 Å². The lowest BCUT2D eigenvalue weighted by Crippen LogP contribution is -2.20. The fourth-order valence-electron chi connectivity index (χ4n) is 4.54. The van der Waals surface area contributed by atoms with Gasteiger partial charge >= 0.3 is 0 Å². The number of rotatable bonds is 8. The fraction of sp³-hybridized carbons (Fsp3) is 0.708. The third kappa shape index (κ3) is 6.22. The summed E-state index contributed by atoms with van der Waals surface area (Å²) in [5.74, 6) is 7.32. The highest BCUT2D eigenvalue weighted by Gasteiger charge is 2.44. The number of allylic oxidation sites excluding steroid dienone is 2. The van der Waals surface area contributed by atoms with Crippen molar-refractivity contribution in [1.82, 2.24) is 4.90 Å². The normalized spacial score (nSPS) is 30.1. The van der Waals surface area contributed by atoms with Crippen LogP contribution in [-0.2, 0) is 4.79 Å². The molecule has 2 rings (SSSR count). The Morgan fingerprint density at radius 2 is 2.11 bits per heavy atom. The minimum atomic E-state index is -0.516. The Hall–Kier alpha value is -1.57. The predicted molar refractivity (Wildman–Crippen MR) is 113 cm³/mol.